The average molecular weight is 341 g/mol. The summed E-state index contributed by atoms with van der Waals surface area (Å²) in [6, 6.07) is 22.3. The molecule has 0 atom stereocenters. The van der Waals surface area contributed by atoms with E-state index in [-0.39, 0.29) is 5.56 Å². The number of hydrazone groups is 1. The van der Waals surface area contributed by atoms with Crippen molar-refractivity contribution in [1.29, 1.82) is 0 Å². The molecule has 0 saturated carbocycles. The van der Waals surface area contributed by atoms with E-state index in [0.717, 1.165) is 16.3 Å². The molecule has 1 aromatic heterocycles. The maximum atomic E-state index is 12.5. The third-order valence-corrected chi connectivity index (χ3v) is 4.19. The second-order valence-corrected chi connectivity index (χ2v) is 5.86. The number of hydrogen-bond acceptors (Lipinski definition) is 3. The molecule has 2 N–H and O–H groups in total. The largest absolute Gasteiger partial charge is 0.322 e. The Hall–Kier alpha value is -3.73. The van der Waals surface area contributed by atoms with E-state index in [9.17, 15) is 9.59 Å². The summed E-state index contributed by atoms with van der Waals surface area (Å²) in [5.41, 5.74) is 3.99. The molecule has 0 aliphatic rings. The van der Waals surface area contributed by atoms with Crippen LogP contribution in [-0.2, 0) is 0 Å². The number of benzene rings is 3. The Bertz CT molecular complexity index is 1200. The number of nitrogens with one attached hydrogen (secondary N) is 2. The van der Waals surface area contributed by atoms with Crippen LogP contribution < -0.4 is 11.0 Å². The van der Waals surface area contributed by atoms with Gasteiger partial charge in [0.05, 0.1) is 11.8 Å². The fraction of sp³-hybridized carbons (Fsp3) is 0. The third kappa shape index (κ3) is 2.98. The van der Waals surface area contributed by atoms with Crippen LogP contribution in [0.2, 0.25) is 0 Å². The van der Waals surface area contributed by atoms with Gasteiger partial charge in [-0.05, 0) is 16.8 Å². The van der Waals surface area contributed by atoms with E-state index in [4.69, 9.17) is 0 Å². The lowest BCUT2D eigenvalue weighted by atomic mass is 10.1. The van der Waals surface area contributed by atoms with Gasteiger partial charge in [0, 0.05) is 22.5 Å². The summed E-state index contributed by atoms with van der Waals surface area (Å²) in [5, 5.41) is 6.89. The Morgan fingerprint density at radius 1 is 0.923 bits per heavy atom. The van der Waals surface area contributed by atoms with E-state index in [1.54, 1.807) is 24.4 Å². The molecule has 4 aromatic rings. The molecule has 0 spiro atoms. The minimum absolute atomic E-state index is 0.291. The number of aromatic nitrogens is 1. The second-order valence-electron chi connectivity index (χ2n) is 5.86. The fourth-order valence-electron chi connectivity index (χ4n) is 2.98. The number of aromatic amines is 1. The molecule has 0 aliphatic carbocycles. The standard InChI is InChI=1S/C21H15N3O2/c25-20-12-18(17-10-3-4-11-19(17)23-20)21(26)24-22-13-15-8-5-7-14-6-1-2-9-16(14)15/h1-13H,(H,23,25)(H,24,26). The van der Waals surface area contributed by atoms with Crippen LogP contribution in [0, 0.1) is 0 Å². The van der Waals surface area contributed by atoms with Gasteiger partial charge in [0.2, 0.25) is 5.56 Å². The summed E-state index contributed by atoms with van der Waals surface area (Å²) < 4.78 is 0. The lowest BCUT2D eigenvalue weighted by Crippen LogP contribution is -2.20. The minimum Gasteiger partial charge on any atom is -0.322 e. The molecule has 5 nitrogen and oxygen atoms in total. The number of carbonyl (C=O) groups excluding carboxylic acids is 1. The van der Waals surface area contributed by atoms with Gasteiger partial charge in [0.25, 0.3) is 5.91 Å². The Kier molecular flexibility index (Phi) is 4.03. The van der Waals surface area contributed by atoms with Crippen molar-refractivity contribution in [2.24, 2.45) is 5.10 Å². The highest BCUT2D eigenvalue weighted by Gasteiger charge is 2.10. The summed E-state index contributed by atoms with van der Waals surface area (Å²) in [4.78, 5) is 27.0. The van der Waals surface area contributed by atoms with Crippen molar-refractivity contribution in [2.45, 2.75) is 0 Å². The van der Waals surface area contributed by atoms with Gasteiger partial charge in [-0.25, -0.2) is 5.43 Å². The number of fused-ring (bicyclic) bond motifs is 2. The summed E-state index contributed by atoms with van der Waals surface area (Å²) in [6.45, 7) is 0. The maximum Gasteiger partial charge on any atom is 0.272 e. The van der Waals surface area contributed by atoms with E-state index in [2.05, 4.69) is 15.5 Å². The highest BCUT2D eigenvalue weighted by molar-refractivity contribution is 6.06. The van der Waals surface area contributed by atoms with Crippen LogP contribution in [-0.4, -0.2) is 17.1 Å². The molecule has 0 unspecified atom stereocenters. The van der Waals surface area contributed by atoms with Gasteiger partial charge in [-0.3, -0.25) is 9.59 Å². The molecule has 0 radical (unpaired) electrons. The van der Waals surface area contributed by atoms with E-state index >= 15 is 0 Å². The van der Waals surface area contributed by atoms with Gasteiger partial charge >= 0.3 is 0 Å². The molecule has 0 bridgehead atoms. The topological polar surface area (TPSA) is 74.3 Å². The molecule has 3 aromatic carbocycles. The van der Waals surface area contributed by atoms with Gasteiger partial charge in [-0.1, -0.05) is 60.7 Å². The smallest absolute Gasteiger partial charge is 0.272 e. The van der Waals surface area contributed by atoms with Crippen LogP contribution in [0.3, 0.4) is 0 Å². The van der Waals surface area contributed by atoms with Crippen molar-refractivity contribution in [1.82, 2.24) is 10.4 Å². The average Bonchev–Trinajstić information content (AvgIpc) is 2.67. The number of hydrogen-bond donors (Lipinski definition) is 2. The molecule has 126 valence electrons. The van der Waals surface area contributed by atoms with Crippen LogP contribution >= 0.6 is 0 Å². The van der Waals surface area contributed by atoms with Crippen molar-refractivity contribution in [3.8, 4) is 0 Å². The van der Waals surface area contributed by atoms with Crippen molar-refractivity contribution in [2.75, 3.05) is 0 Å². The minimum atomic E-state index is -0.427. The van der Waals surface area contributed by atoms with Crippen LogP contribution in [0.1, 0.15) is 15.9 Å². The van der Waals surface area contributed by atoms with E-state index in [1.807, 2.05) is 48.5 Å². The highest BCUT2D eigenvalue weighted by atomic mass is 16.2. The molecule has 5 heteroatoms. The Balaban J connectivity index is 1.63. The molecular weight excluding hydrogens is 326 g/mol. The second kappa shape index (κ2) is 6.64. The van der Waals surface area contributed by atoms with Crippen LogP contribution in [0.25, 0.3) is 21.7 Å². The van der Waals surface area contributed by atoms with E-state index in [1.165, 1.54) is 6.07 Å². The number of H-pyrrole nitrogens is 1. The van der Waals surface area contributed by atoms with Gasteiger partial charge < -0.3 is 4.98 Å². The number of para-hydroxylation sites is 1. The van der Waals surface area contributed by atoms with Crippen molar-refractivity contribution >= 4 is 33.8 Å². The molecule has 1 heterocycles. The molecule has 0 fully saturated rings. The molecular formula is C21H15N3O2. The monoisotopic (exact) mass is 341 g/mol. The molecule has 1 amide bonds. The predicted molar refractivity (Wildman–Crippen MR) is 104 cm³/mol. The molecule has 0 saturated heterocycles. The Morgan fingerprint density at radius 2 is 1.65 bits per heavy atom. The van der Waals surface area contributed by atoms with Crippen molar-refractivity contribution in [3.63, 3.8) is 0 Å². The summed E-state index contributed by atoms with van der Waals surface area (Å²) in [6.07, 6.45) is 1.61. The van der Waals surface area contributed by atoms with Crippen LogP contribution in [0.4, 0.5) is 0 Å². The molecule has 0 aliphatic heterocycles. The third-order valence-electron chi connectivity index (χ3n) is 4.19. The number of nitrogens with zero attached hydrogens (tertiary/aromatic N) is 1. The van der Waals surface area contributed by atoms with Crippen molar-refractivity contribution in [3.05, 3.63) is 94.3 Å². The first kappa shape index (κ1) is 15.8. The summed E-state index contributed by atoms with van der Waals surface area (Å²) >= 11 is 0. The lowest BCUT2D eigenvalue weighted by Gasteiger charge is -2.05. The predicted octanol–water partition coefficient (Wildman–Crippen LogP) is 3.45. The number of pyridine rings is 1. The zero-order chi connectivity index (χ0) is 17.9. The van der Waals surface area contributed by atoms with E-state index < -0.39 is 5.91 Å². The fourth-order valence-corrected chi connectivity index (χ4v) is 2.98. The first-order valence-electron chi connectivity index (χ1n) is 8.15. The van der Waals surface area contributed by atoms with Crippen molar-refractivity contribution < 1.29 is 4.79 Å². The maximum absolute atomic E-state index is 12.5. The number of amides is 1. The van der Waals surface area contributed by atoms with Crippen LogP contribution in [0.15, 0.2) is 82.7 Å². The summed E-state index contributed by atoms with van der Waals surface area (Å²) in [7, 11) is 0. The van der Waals surface area contributed by atoms with Gasteiger partial charge in [0.1, 0.15) is 0 Å². The molecule has 26 heavy (non-hydrogen) atoms. The number of carbonyl (C=O) groups is 1. The summed E-state index contributed by atoms with van der Waals surface area (Å²) in [5.74, 6) is -0.427. The quantitative estimate of drug-likeness (QED) is 0.442. The lowest BCUT2D eigenvalue weighted by molar-refractivity contribution is 0.0956. The van der Waals surface area contributed by atoms with Gasteiger partial charge in [-0.2, -0.15) is 5.10 Å². The molecule has 4 rings (SSSR count). The highest BCUT2D eigenvalue weighted by Crippen LogP contribution is 2.17. The first-order chi connectivity index (χ1) is 12.7. The van der Waals surface area contributed by atoms with Gasteiger partial charge in [0.15, 0.2) is 0 Å². The zero-order valence-corrected chi connectivity index (χ0v) is 13.8. The first-order valence-corrected chi connectivity index (χ1v) is 8.15. The Morgan fingerprint density at radius 3 is 2.54 bits per heavy atom. The Labute approximate surface area is 149 Å². The van der Waals surface area contributed by atoms with E-state index in [0.29, 0.717) is 16.5 Å². The van der Waals surface area contributed by atoms with Gasteiger partial charge in [-0.15, -0.1) is 0 Å². The normalized spacial score (nSPS) is 11.2. The zero-order valence-electron chi connectivity index (χ0n) is 13.8. The van der Waals surface area contributed by atoms with Crippen LogP contribution in [0.5, 0.6) is 0 Å². The SMILES string of the molecule is O=C(NN=Cc1cccc2ccccc12)c1cc(=O)[nH]c2ccccc12. The number of rotatable bonds is 3.